The molecular formula is C35H47FN6O. The van der Waals surface area contributed by atoms with E-state index in [4.69, 9.17) is 4.99 Å². The van der Waals surface area contributed by atoms with Crippen LogP contribution >= 0.6 is 0 Å². The van der Waals surface area contributed by atoms with Crippen LogP contribution in [-0.4, -0.2) is 51.6 Å². The van der Waals surface area contributed by atoms with Crippen molar-refractivity contribution in [2.45, 2.75) is 91.9 Å². The maximum atomic E-state index is 14.5. The minimum atomic E-state index is -0.238. The van der Waals surface area contributed by atoms with E-state index in [1.165, 1.54) is 12.5 Å². The molecule has 8 heteroatoms. The minimum Gasteiger partial charge on any atom is -0.340 e. The molecule has 7 atom stereocenters. The molecule has 0 unspecified atom stereocenters. The summed E-state index contributed by atoms with van der Waals surface area (Å²) in [4.78, 5) is 26.0. The molecular weight excluding hydrogens is 539 g/mol. The number of benzene rings is 2. The minimum absolute atomic E-state index is 0.118. The highest BCUT2D eigenvalue weighted by atomic mass is 19.1. The molecule has 3 aliphatic carbocycles. The number of nitrogens with zero attached hydrogens (tertiary/aromatic N) is 4. The molecule has 1 saturated heterocycles. The first kappa shape index (κ1) is 29.8. The summed E-state index contributed by atoms with van der Waals surface area (Å²) in [6, 6.07) is 11.8. The fourth-order valence-electron chi connectivity index (χ4n) is 8.03. The zero-order valence-electron chi connectivity index (χ0n) is 26.7. The third-order valence-electron chi connectivity index (χ3n) is 10.7. The molecule has 2 aromatic carbocycles. The topological polar surface area (TPSA) is 74.6 Å². The molecule has 0 radical (unpaired) electrons. The van der Waals surface area contributed by atoms with Crippen LogP contribution in [0.4, 0.5) is 10.1 Å². The zero-order chi connectivity index (χ0) is 30.6. The lowest BCUT2D eigenvalue weighted by Crippen LogP contribution is -2.59. The zero-order valence-corrected chi connectivity index (χ0v) is 26.7. The highest BCUT2D eigenvalue weighted by Crippen LogP contribution is 2.61. The summed E-state index contributed by atoms with van der Waals surface area (Å²) in [5.41, 5.74) is 3.29. The smallest absolute Gasteiger partial charge is 0.261 e. The lowest BCUT2D eigenvalue weighted by atomic mass is 9.45. The number of aliphatic imine (C=N–C) groups is 1. The Labute approximate surface area is 255 Å². The van der Waals surface area contributed by atoms with E-state index >= 15 is 0 Å². The molecule has 3 aromatic rings. The highest BCUT2D eigenvalue weighted by molar-refractivity contribution is 5.96. The van der Waals surface area contributed by atoms with Gasteiger partial charge in [0.2, 0.25) is 0 Å². The third kappa shape index (κ3) is 5.70. The van der Waals surface area contributed by atoms with E-state index in [0.29, 0.717) is 52.3 Å². The van der Waals surface area contributed by atoms with Gasteiger partial charge >= 0.3 is 0 Å². The normalized spacial score (nSPS) is 29.3. The van der Waals surface area contributed by atoms with E-state index in [1.54, 1.807) is 17.0 Å². The number of hydrogen-bond acceptors (Lipinski definition) is 4. The van der Waals surface area contributed by atoms with Crippen LogP contribution in [0.15, 0.2) is 52.5 Å². The van der Waals surface area contributed by atoms with E-state index in [2.05, 4.69) is 55.1 Å². The van der Waals surface area contributed by atoms with Crippen molar-refractivity contribution in [3.63, 3.8) is 0 Å². The van der Waals surface area contributed by atoms with E-state index < -0.39 is 0 Å². The van der Waals surface area contributed by atoms with E-state index in [1.807, 2.05) is 38.1 Å². The monoisotopic (exact) mass is 586 g/mol. The maximum absolute atomic E-state index is 14.5. The van der Waals surface area contributed by atoms with Gasteiger partial charge in [-0.15, -0.1) is 0 Å². The van der Waals surface area contributed by atoms with Crippen molar-refractivity contribution in [1.29, 1.82) is 0 Å². The first-order valence-corrected chi connectivity index (χ1v) is 16.0. The molecule has 0 spiro atoms. The Balaban J connectivity index is 1.26. The number of halogens is 1. The van der Waals surface area contributed by atoms with Gasteiger partial charge in [-0.25, -0.2) is 14.4 Å². The van der Waals surface area contributed by atoms with Crippen LogP contribution in [0.1, 0.15) is 71.6 Å². The molecule has 2 heterocycles. The molecule has 3 saturated carbocycles. The SMILES string of the molecule is Cc1ccc(C[C@@H](C)n2cnc3cc(NC(=N[C@H]4C[C@@H]5C[C@@H]([C@H]4C)C5(C)C)N4C[C@H](C)N[C@@H](C)C4)ccc3c2=O)c(F)c1. The number of anilines is 1. The molecule has 7 rings (SSSR count). The van der Waals surface area contributed by atoms with E-state index in [-0.39, 0.29) is 17.4 Å². The maximum Gasteiger partial charge on any atom is 0.261 e. The second kappa shape index (κ2) is 11.3. The Morgan fingerprint density at radius 3 is 2.56 bits per heavy atom. The second-order valence-corrected chi connectivity index (χ2v) is 14.3. The summed E-state index contributed by atoms with van der Waals surface area (Å²) >= 11 is 0. The average Bonchev–Trinajstić information content (AvgIpc) is 2.94. The third-order valence-corrected chi connectivity index (χ3v) is 10.7. The Bertz CT molecular complexity index is 1590. The van der Waals surface area contributed by atoms with Gasteiger partial charge in [0.05, 0.1) is 23.3 Å². The summed E-state index contributed by atoms with van der Waals surface area (Å²) in [5.74, 6) is 2.68. The van der Waals surface area contributed by atoms with Gasteiger partial charge in [-0.05, 0) is 106 Å². The van der Waals surface area contributed by atoms with Crippen molar-refractivity contribution in [2.75, 3.05) is 18.4 Å². The van der Waals surface area contributed by atoms with Crippen molar-refractivity contribution >= 4 is 22.5 Å². The number of guanidine groups is 1. The van der Waals surface area contributed by atoms with Gasteiger partial charge < -0.3 is 15.5 Å². The van der Waals surface area contributed by atoms with Crippen LogP contribution in [0.2, 0.25) is 0 Å². The summed E-state index contributed by atoms with van der Waals surface area (Å²) in [5, 5.41) is 7.85. The second-order valence-electron chi connectivity index (χ2n) is 14.3. The van der Waals surface area contributed by atoms with E-state index in [9.17, 15) is 9.18 Å². The van der Waals surface area contributed by atoms with Crippen molar-refractivity contribution in [1.82, 2.24) is 19.8 Å². The largest absolute Gasteiger partial charge is 0.340 e. The van der Waals surface area contributed by atoms with Crippen molar-refractivity contribution in [2.24, 2.45) is 28.2 Å². The number of aryl methyl sites for hydroxylation is 1. The van der Waals surface area contributed by atoms with Crippen molar-refractivity contribution < 1.29 is 4.39 Å². The molecule has 1 aliphatic heterocycles. The Hall–Kier alpha value is -3.26. The lowest BCUT2D eigenvalue weighted by molar-refractivity contribution is -0.108. The van der Waals surface area contributed by atoms with Gasteiger partial charge in [-0.3, -0.25) is 9.36 Å². The lowest BCUT2D eigenvalue weighted by Gasteiger charge is -2.61. The van der Waals surface area contributed by atoms with Gasteiger partial charge in [0.15, 0.2) is 5.96 Å². The molecule has 7 nitrogen and oxygen atoms in total. The van der Waals surface area contributed by atoms with Crippen LogP contribution in [0, 0.1) is 35.9 Å². The molecule has 43 heavy (non-hydrogen) atoms. The molecule has 2 bridgehead atoms. The number of rotatable bonds is 5. The van der Waals surface area contributed by atoms with Crippen molar-refractivity contribution in [3.05, 3.63) is 70.0 Å². The van der Waals surface area contributed by atoms with E-state index in [0.717, 1.165) is 48.6 Å². The van der Waals surface area contributed by atoms with Crippen LogP contribution in [0.5, 0.6) is 0 Å². The molecule has 4 aliphatic rings. The molecule has 2 N–H and O–H groups in total. The first-order chi connectivity index (χ1) is 20.4. The summed E-state index contributed by atoms with van der Waals surface area (Å²) in [7, 11) is 0. The summed E-state index contributed by atoms with van der Waals surface area (Å²) < 4.78 is 16.1. The standard InChI is InChI=1S/C35H47FN6O/c1-20-8-9-25(30(36)12-20)13-23(4)42-19-37-32-16-27(10-11-28(32)33(42)43)39-34(41-17-21(2)38-22(3)18-41)40-31-15-26-14-29(24(31)5)35(26,6)7/h8-12,16,19,21-24,26,29,31,38H,13-15,17-18H2,1-7H3,(H,39,40)/t21-,22-,23+,24+,26-,29-,31-/m0/s1. The number of hydrogen-bond donors (Lipinski definition) is 2. The first-order valence-electron chi connectivity index (χ1n) is 16.0. The highest BCUT2D eigenvalue weighted by Gasteiger charge is 2.56. The van der Waals surface area contributed by atoms with Crippen LogP contribution in [-0.2, 0) is 6.42 Å². The van der Waals surface area contributed by atoms with Gasteiger partial charge in [-0.2, -0.15) is 0 Å². The van der Waals surface area contributed by atoms with Gasteiger partial charge in [0.1, 0.15) is 5.82 Å². The molecule has 0 amide bonds. The fourth-order valence-corrected chi connectivity index (χ4v) is 8.03. The van der Waals surface area contributed by atoms with Gasteiger partial charge in [0.25, 0.3) is 5.56 Å². The quantitative estimate of drug-likeness (QED) is 0.276. The Morgan fingerprint density at radius 1 is 1.14 bits per heavy atom. The Morgan fingerprint density at radius 2 is 1.88 bits per heavy atom. The fraction of sp³-hybridized carbons (Fsp3) is 0.571. The van der Waals surface area contributed by atoms with Crippen LogP contribution in [0.3, 0.4) is 0 Å². The number of nitrogens with one attached hydrogen (secondary N) is 2. The molecule has 4 fully saturated rings. The average molecular weight is 587 g/mol. The summed E-state index contributed by atoms with van der Waals surface area (Å²) in [6.07, 6.45) is 4.48. The van der Waals surface area contributed by atoms with Gasteiger partial charge in [0, 0.05) is 36.9 Å². The Kier molecular flexibility index (Phi) is 7.86. The number of fused-ring (bicyclic) bond motifs is 3. The number of piperazine rings is 1. The van der Waals surface area contributed by atoms with Crippen LogP contribution in [0.25, 0.3) is 10.9 Å². The molecule has 230 valence electrons. The predicted molar refractivity (Wildman–Crippen MR) is 173 cm³/mol. The van der Waals surface area contributed by atoms with Crippen LogP contribution < -0.4 is 16.2 Å². The summed E-state index contributed by atoms with van der Waals surface area (Å²) in [6.45, 7) is 17.3. The van der Waals surface area contributed by atoms with Gasteiger partial charge in [-0.1, -0.05) is 32.9 Å². The van der Waals surface area contributed by atoms with Crippen molar-refractivity contribution in [3.8, 4) is 0 Å². The molecule has 1 aromatic heterocycles. The predicted octanol–water partition coefficient (Wildman–Crippen LogP) is 6.17. The number of aromatic nitrogens is 2.